The predicted molar refractivity (Wildman–Crippen MR) is 107 cm³/mol. The molecule has 2 heterocycles. The van der Waals surface area contributed by atoms with Crippen molar-refractivity contribution in [2.75, 3.05) is 25.1 Å². The lowest BCUT2D eigenvalue weighted by Crippen LogP contribution is -2.35. The Morgan fingerprint density at radius 2 is 2.00 bits per heavy atom. The predicted octanol–water partition coefficient (Wildman–Crippen LogP) is 1.27. The number of nitrogens with one attached hydrogen (secondary N) is 2. The fourth-order valence-electron chi connectivity index (χ4n) is 3.13. The van der Waals surface area contributed by atoms with Gasteiger partial charge in [-0.3, -0.25) is 19.4 Å². The summed E-state index contributed by atoms with van der Waals surface area (Å²) in [6.45, 7) is 0.948. The molecule has 0 radical (unpaired) electrons. The molecule has 29 heavy (non-hydrogen) atoms. The molecule has 0 aliphatic carbocycles. The molecule has 152 valence electrons. The number of methoxy groups -OCH3 is 1. The summed E-state index contributed by atoms with van der Waals surface area (Å²) < 4.78 is 5.12. The second kappa shape index (κ2) is 9.68. The molecule has 8 nitrogen and oxygen atoms in total. The van der Waals surface area contributed by atoms with Crippen LogP contribution in [0.5, 0.6) is 5.75 Å². The Balaban J connectivity index is 1.41. The van der Waals surface area contributed by atoms with E-state index in [1.54, 1.807) is 54.7 Å². The van der Waals surface area contributed by atoms with Crippen molar-refractivity contribution in [2.24, 2.45) is 5.92 Å². The third-order valence-electron chi connectivity index (χ3n) is 4.74. The van der Waals surface area contributed by atoms with Gasteiger partial charge in [-0.1, -0.05) is 6.07 Å². The van der Waals surface area contributed by atoms with E-state index in [1.807, 2.05) is 6.07 Å². The van der Waals surface area contributed by atoms with Gasteiger partial charge in [0.2, 0.25) is 17.7 Å². The van der Waals surface area contributed by atoms with E-state index in [-0.39, 0.29) is 37.1 Å². The van der Waals surface area contributed by atoms with Crippen LogP contribution in [0.25, 0.3) is 0 Å². The number of pyridine rings is 1. The van der Waals surface area contributed by atoms with Crippen molar-refractivity contribution in [3.8, 4) is 5.75 Å². The summed E-state index contributed by atoms with van der Waals surface area (Å²) >= 11 is 0. The van der Waals surface area contributed by atoms with Crippen LogP contribution >= 0.6 is 0 Å². The number of ether oxygens (including phenoxy) is 1. The standard InChI is InChI=1S/C21H24N4O4/c1-29-18-6-4-17(5-7-18)25-14-16(11-20(25)27)21(28)23-10-8-19(26)24-13-15-3-2-9-22-12-15/h2-7,9,12,16H,8,10-11,13-14H2,1H3,(H,23,28)(H,24,26)/t16-/m0/s1. The van der Waals surface area contributed by atoms with Crippen LogP contribution in [0.3, 0.4) is 0 Å². The van der Waals surface area contributed by atoms with Crippen LogP contribution < -0.4 is 20.3 Å². The van der Waals surface area contributed by atoms with Gasteiger partial charge in [0.05, 0.1) is 13.0 Å². The quantitative estimate of drug-likeness (QED) is 0.700. The number of aromatic nitrogens is 1. The normalized spacial score (nSPS) is 15.8. The Hall–Kier alpha value is -3.42. The number of carbonyl (C=O) groups is 3. The maximum atomic E-state index is 12.4. The highest BCUT2D eigenvalue weighted by atomic mass is 16.5. The third kappa shape index (κ3) is 5.54. The van der Waals surface area contributed by atoms with Crippen molar-refractivity contribution in [2.45, 2.75) is 19.4 Å². The number of anilines is 1. The summed E-state index contributed by atoms with van der Waals surface area (Å²) in [7, 11) is 1.58. The highest BCUT2D eigenvalue weighted by Crippen LogP contribution is 2.26. The SMILES string of the molecule is COc1ccc(N2C[C@@H](C(=O)NCCC(=O)NCc3cccnc3)CC2=O)cc1. The fourth-order valence-corrected chi connectivity index (χ4v) is 3.13. The lowest BCUT2D eigenvalue weighted by Gasteiger charge is -2.17. The van der Waals surface area contributed by atoms with Gasteiger partial charge in [-0.05, 0) is 35.9 Å². The maximum Gasteiger partial charge on any atom is 0.227 e. The minimum absolute atomic E-state index is 0.0930. The highest BCUT2D eigenvalue weighted by molar-refractivity contribution is 6.00. The molecule has 0 unspecified atom stereocenters. The van der Waals surface area contributed by atoms with E-state index in [0.29, 0.717) is 18.8 Å². The van der Waals surface area contributed by atoms with Gasteiger partial charge in [-0.25, -0.2) is 0 Å². The van der Waals surface area contributed by atoms with Crippen LogP contribution in [0, 0.1) is 5.92 Å². The first kappa shape index (κ1) is 20.3. The molecule has 1 aromatic carbocycles. The summed E-state index contributed by atoms with van der Waals surface area (Å²) in [5.41, 5.74) is 1.65. The molecule has 0 spiro atoms. The molecule has 1 fully saturated rings. The number of nitrogens with zero attached hydrogens (tertiary/aromatic N) is 2. The van der Waals surface area contributed by atoms with Crippen LogP contribution in [0.1, 0.15) is 18.4 Å². The number of hydrogen-bond donors (Lipinski definition) is 2. The van der Waals surface area contributed by atoms with Gasteiger partial charge in [0.25, 0.3) is 0 Å². The van der Waals surface area contributed by atoms with Gasteiger partial charge in [-0.15, -0.1) is 0 Å². The zero-order valence-electron chi connectivity index (χ0n) is 16.3. The van der Waals surface area contributed by atoms with Gasteiger partial charge in [0.15, 0.2) is 0 Å². The van der Waals surface area contributed by atoms with Crippen molar-refractivity contribution >= 4 is 23.4 Å². The molecule has 3 rings (SSSR count). The molecule has 1 saturated heterocycles. The van der Waals surface area contributed by atoms with Crippen LogP contribution in [-0.4, -0.2) is 42.9 Å². The van der Waals surface area contributed by atoms with E-state index in [9.17, 15) is 14.4 Å². The maximum absolute atomic E-state index is 12.4. The van der Waals surface area contributed by atoms with E-state index < -0.39 is 5.92 Å². The Labute approximate surface area is 169 Å². The molecule has 3 amide bonds. The largest absolute Gasteiger partial charge is 0.497 e. The molecule has 1 aliphatic rings. The summed E-state index contributed by atoms with van der Waals surface area (Å²) in [6.07, 6.45) is 3.69. The van der Waals surface area contributed by atoms with Gasteiger partial charge in [0, 0.05) is 50.6 Å². The molecule has 2 N–H and O–H groups in total. The monoisotopic (exact) mass is 396 g/mol. The zero-order chi connectivity index (χ0) is 20.6. The van der Waals surface area contributed by atoms with E-state index in [2.05, 4.69) is 15.6 Å². The van der Waals surface area contributed by atoms with E-state index in [4.69, 9.17) is 4.74 Å². The topological polar surface area (TPSA) is 101 Å². The average Bonchev–Trinajstić information content (AvgIpc) is 3.15. The van der Waals surface area contributed by atoms with Crippen molar-refractivity contribution in [1.29, 1.82) is 0 Å². The van der Waals surface area contributed by atoms with Gasteiger partial charge >= 0.3 is 0 Å². The second-order valence-electron chi connectivity index (χ2n) is 6.78. The van der Waals surface area contributed by atoms with Gasteiger partial charge < -0.3 is 20.3 Å². The Morgan fingerprint density at radius 3 is 2.69 bits per heavy atom. The van der Waals surface area contributed by atoms with Gasteiger partial charge in [0.1, 0.15) is 5.75 Å². The van der Waals surface area contributed by atoms with Crippen LogP contribution in [-0.2, 0) is 20.9 Å². The summed E-state index contributed by atoms with van der Waals surface area (Å²) in [5.74, 6) is -0.185. The third-order valence-corrected chi connectivity index (χ3v) is 4.74. The molecular formula is C21H24N4O4. The first-order valence-electron chi connectivity index (χ1n) is 9.44. The van der Waals surface area contributed by atoms with E-state index in [0.717, 1.165) is 11.3 Å². The highest BCUT2D eigenvalue weighted by Gasteiger charge is 2.35. The molecule has 1 atom stereocenters. The van der Waals surface area contributed by atoms with Gasteiger partial charge in [-0.2, -0.15) is 0 Å². The number of amides is 3. The lowest BCUT2D eigenvalue weighted by molar-refractivity contribution is -0.126. The first-order chi connectivity index (χ1) is 14.1. The minimum Gasteiger partial charge on any atom is -0.497 e. The second-order valence-corrected chi connectivity index (χ2v) is 6.78. The Bertz CT molecular complexity index is 855. The van der Waals surface area contributed by atoms with Crippen LogP contribution in [0.15, 0.2) is 48.8 Å². The van der Waals surface area contributed by atoms with Crippen molar-refractivity contribution in [3.63, 3.8) is 0 Å². The molecule has 8 heteroatoms. The summed E-state index contributed by atoms with van der Waals surface area (Å²) in [5, 5.41) is 5.54. The zero-order valence-corrected chi connectivity index (χ0v) is 16.3. The van der Waals surface area contributed by atoms with Crippen molar-refractivity contribution in [3.05, 3.63) is 54.4 Å². The average molecular weight is 396 g/mol. The first-order valence-corrected chi connectivity index (χ1v) is 9.44. The Kier molecular flexibility index (Phi) is 6.78. The van der Waals surface area contributed by atoms with Crippen LogP contribution in [0.4, 0.5) is 5.69 Å². The molecule has 0 saturated carbocycles. The Morgan fingerprint density at radius 1 is 1.21 bits per heavy atom. The molecule has 0 bridgehead atoms. The minimum atomic E-state index is -0.428. The number of hydrogen-bond acceptors (Lipinski definition) is 5. The summed E-state index contributed by atoms with van der Waals surface area (Å²) in [6, 6.07) is 10.8. The van der Waals surface area contributed by atoms with Crippen molar-refractivity contribution < 1.29 is 19.1 Å². The molecule has 2 aromatic rings. The number of benzene rings is 1. The fraction of sp³-hybridized carbons (Fsp3) is 0.333. The van der Waals surface area contributed by atoms with E-state index in [1.165, 1.54) is 0 Å². The van der Waals surface area contributed by atoms with Crippen molar-refractivity contribution in [1.82, 2.24) is 15.6 Å². The summed E-state index contributed by atoms with van der Waals surface area (Å²) in [4.78, 5) is 42.2. The molecule has 1 aromatic heterocycles. The van der Waals surface area contributed by atoms with E-state index >= 15 is 0 Å². The molecule has 1 aliphatic heterocycles. The van der Waals surface area contributed by atoms with Crippen LogP contribution in [0.2, 0.25) is 0 Å². The smallest absolute Gasteiger partial charge is 0.227 e. The number of rotatable bonds is 8. The lowest BCUT2D eigenvalue weighted by atomic mass is 10.1. The number of carbonyl (C=O) groups excluding carboxylic acids is 3. The molecular weight excluding hydrogens is 372 g/mol.